The molecular weight excluding hydrogens is 332 g/mol. The molecule has 0 radical (unpaired) electrons. The number of sulfonamides is 1. The third kappa shape index (κ3) is 5.20. The van der Waals surface area contributed by atoms with Gasteiger partial charge in [0.25, 0.3) is 0 Å². The van der Waals surface area contributed by atoms with E-state index in [0.29, 0.717) is 5.75 Å². The Balaban J connectivity index is 0.00000441. The topological polar surface area (TPSA) is 99.9 Å². The first kappa shape index (κ1) is 20.8. The maximum Gasteiger partial charge on any atom is 0.248 e. The normalized spacial score (nSPS) is 11.5. The Bertz CT molecular complexity index is 574. The Hall–Kier alpha value is -1.22. The van der Waals surface area contributed by atoms with E-state index in [2.05, 4.69) is 4.72 Å². The van der Waals surface area contributed by atoms with Gasteiger partial charge >= 0.3 is 0 Å². The lowest BCUT2D eigenvalue weighted by atomic mass is 10.1. The zero-order valence-electron chi connectivity index (χ0n) is 13.3. The molecule has 0 bridgehead atoms. The number of halogens is 1. The molecule has 22 heavy (non-hydrogen) atoms. The summed E-state index contributed by atoms with van der Waals surface area (Å²) in [6, 6.07) is 2.95. The molecule has 0 atom stereocenters. The minimum atomic E-state index is -3.84. The molecule has 0 spiro atoms. The van der Waals surface area contributed by atoms with Gasteiger partial charge in [-0.05, 0) is 13.8 Å². The fraction of sp³-hybridized carbons (Fsp3) is 0.538. The van der Waals surface area contributed by atoms with Gasteiger partial charge in [0, 0.05) is 24.2 Å². The van der Waals surface area contributed by atoms with Gasteiger partial charge in [0.2, 0.25) is 10.0 Å². The fourth-order valence-corrected chi connectivity index (χ4v) is 3.11. The van der Waals surface area contributed by atoms with Crippen molar-refractivity contribution in [1.29, 1.82) is 0 Å². The predicted octanol–water partition coefficient (Wildman–Crippen LogP) is 1.15. The van der Waals surface area contributed by atoms with Gasteiger partial charge in [0.05, 0.1) is 21.3 Å². The van der Waals surface area contributed by atoms with Crippen LogP contribution in [0.15, 0.2) is 17.0 Å². The molecule has 0 aliphatic heterocycles. The minimum absolute atomic E-state index is 0. The van der Waals surface area contributed by atoms with Crippen molar-refractivity contribution in [3.8, 4) is 17.2 Å². The highest BCUT2D eigenvalue weighted by molar-refractivity contribution is 7.89. The van der Waals surface area contributed by atoms with E-state index in [9.17, 15) is 8.42 Å². The molecule has 0 saturated heterocycles. The van der Waals surface area contributed by atoms with Crippen LogP contribution in [-0.4, -0.2) is 41.8 Å². The SMILES string of the molecule is COc1cc(OC)c(S(=O)(=O)NCC(C)(C)N)c(OC)c1.Cl. The summed E-state index contributed by atoms with van der Waals surface area (Å²) >= 11 is 0. The maximum atomic E-state index is 12.5. The number of nitrogens with two attached hydrogens (primary N) is 1. The largest absolute Gasteiger partial charge is 0.496 e. The van der Waals surface area contributed by atoms with Gasteiger partial charge in [-0.2, -0.15) is 0 Å². The van der Waals surface area contributed by atoms with E-state index >= 15 is 0 Å². The average molecular weight is 355 g/mol. The number of benzene rings is 1. The molecule has 1 aromatic rings. The van der Waals surface area contributed by atoms with E-state index in [-0.39, 0.29) is 35.3 Å². The van der Waals surface area contributed by atoms with Gasteiger partial charge < -0.3 is 19.9 Å². The smallest absolute Gasteiger partial charge is 0.248 e. The third-order valence-corrected chi connectivity index (χ3v) is 4.12. The molecule has 128 valence electrons. The lowest BCUT2D eigenvalue weighted by molar-refractivity contribution is 0.358. The first-order chi connectivity index (χ1) is 9.64. The van der Waals surface area contributed by atoms with Gasteiger partial charge in [-0.15, -0.1) is 12.4 Å². The Morgan fingerprint density at radius 2 is 1.55 bits per heavy atom. The number of hydrogen-bond acceptors (Lipinski definition) is 6. The summed E-state index contributed by atoms with van der Waals surface area (Å²) in [5.41, 5.74) is 5.12. The summed E-state index contributed by atoms with van der Waals surface area (Å²) in [6.45, 7) is 3.52. The lowest BCUT2D eigenvalue weighted by Crippen LogP contribution is -2.45. The zero-order chi connectivity index (χ0) is 16.3. The van der Waals surface area contributed by atoms with Crippen molar-refractivity contribution in [2.24, 2.45) is 5.73 Å². The number of nitrogens with one attached hydrogen (secondary N) is 1. The van der Waals surface area contributed by atoms with Crippen molar-refractivity contribution in [3.05, 3.63) is 12.1 Å². The van der Waals surface area contributed by atoms with Crippen LogP contribution in [0, 0.1) is 0 Å². The molecule has 9 heteroatoms. The van der Waals surface area contributed by atoms with Gasteiger partial charge in [-0.3, -0.25) is 0 Å². The van der Waals surface area contributed by atoms with Crippen molar-refractivity contribution >= 4 is 22.4 Å². The predicted molar refractivity (Wildman–Crippen MR) is 86.8 cm³/mol. The maximum absolute atomic E-state index is 12.5. The number of methoxy groups -OCH3 is 3. The molecule has 1 aromatic carbocycles. The van der Waals surface area contributed by atoms with E-state index in [4.69, 9.17) is 19.9 Å². The van der Waals surface area contributed by atoms with Crippen molar-refractivity contribution < 1.29 is 22.6 Å². The second-order valence-corrected chi connectivity index (χ2v) is 6.88. The van der Waals surface area contributed by atoms with Crippen LogP contribution < -0.4 is 24.7 Å². The summed E-state index contributed by atoms with van der Waals surface area (Å²) in [5.74, 6) is 0.698. The monoisotopic (exact) mass is 354 g/mol. The van der Waals surface area contributed by atoms with Crippen molar-refractivity contribution in [2.45, 2.75) is 24.3 Å². The van der Waals surface area contributed by atoms with E-state index in [1.807, 2.05) is 0 Å². The van der Waals surface area contributed by atoms with Gasteiger partial charge in [-0.1, -0.05) is 0 Å². The molecule has 0 unspecified atom stereocenters. The van der Waals surface area contributed by atoms with E-state index < -0.39 is 15.6 Å². The van der Waals surface area contributed by atoms with Crippen LogP contribution in [0.2, 0.25) is 0 Å². The Labute approximate surface area is 137 Å². The average Bonchev–Trinajstić information content (AvgIpc) is 2.42. The first-order valence-corrected chi connectivity index (χ1v) is 7.71. The molecule has 0 aromatic heterocycles. The minimum Gasteiger partial charge on any atom is -0.496 e. The van der Waals surface area contributed by atoms with Crippen LogP contribution in [0.5, 0.6) is 17.2 Å². The van der Waals surface area contributed by atoms with Crippen LogP contribution in [-0.2, 0) is 10.0 Å². The first-order valence-electron chi connectivity index (χ1n) is 6.23. The molecule has 0 heterocycles. The van der Waals surface area contributed by atoms with Crippen LogP contribution in [0.3, 0.4) is 0 Å². The van der Waals surface area contributed by atoms with E-state index in [1.54, 1.807) is 13.8 Å². The van der Waals surface area contributed by atoms with E-state index in [0.717, 1.165) is 0 Å². The second kappa shape index (κ2) is 7.87. The molecule has 7 nitrogen and oxygen atoms in total. The Kier molecular flexibility index (Phi) is 7.43. The highest BCUT2D eigenvalue weighted by Crippen LogP contribution is 2.37. The summed E-state index contributed by atoms with van der Waals surface area (Å²) in [4.78, 5) is -0.0856. The Morgan fingerprint density at radius 1 is 1.09 bits per heavy atom. The van der Waals surface area contributed by atoms with Crippen LogP contribution in [0.25, 0.3) is 0 Å². The van der Waals surface area contributed by atoms with Gasteiger partial charge in [-0.25, -0.2) is 13.1 Å². The van der Waals surface area contributed by atoms with Crippen molar-refractivity contribution in [2.75, 3.05) is 27.9 Å². The van der Waals surface area contributed by atoms with Crippen LogP contribution >= 0.6 is 12.4 Å². The molecule has 3 N–H and O–H groups in total. The summed E-state index contributed by atoms with van der Waals surface area (Å²) in [7, 11) is 0.381. The Morgan fingerprint density at radius 3 is 1.86 bits per heavy atom. The zero-order valence-corrected chi connectivity index (χ0v) is 14.9. The fourth-order valence-electron chi connectivity index (χ4n) is 1.59. The molecule has 0 amide bonds. The van der Waals surface area contributed by atoms with Crippen LogP contribution in [0.4, 0.5) is 0 Å². The van der Waals surface area contributed by atoms with Crippen LogP contribution in [0.1, 0.15) is 13.8 Å². The summed E-state index contributed by atoms with van der Waals surface area (Å²) in [5, 5.41) is 0. The second-order valence-electron chi connectivity index (χ2n) is 5.17. The standard InChI is InChI=1S/C13H22N2O5S.ClH/c1-13(2,14)8-15-21(16,17)12-10(19-4)6-9(18-3)7-11(12)20-5;/h6-7,15H,8,14H2,1-5H3;1H. The van der Waals surface area contributed by atoms with Crippen molar-refractivity contribution in [1.82, 2.24) is 4.72 Å². The summed E-state index contributed by atoms with van der Waals surface area (Å²) in [6.07, 6.45) is 0. The van der Waals surface area contributed by atoms with Gasteiger partial charge in [0.15, 0.2) is 4.90 Å². The highest BCUT2D eigenvalue weighted by Gasteiger charge is 2.27. The molecule has 0 saturated carbocycles. The molecule has 0 aliphatic rings. The quantitative estimate of drug-likeness (QED) is 0.762. The number of ether oxygens (including phenoxy) is 3. The third-order valence-electron chi connectivity index (χ3n) is 2.66. The molecular formula is C13H23ClN2O5S. The molecule has 0 fully saturated rings. The van der Waals surface area contributed by atoms with Gasteiger partial charge in [0.1, 0.15) is 17.2 Å². The lowest BCUT2D eigenvalue weighted by Gasteiger charge is -2.20. The molecule has 0 aliphatic carbocycles. The number of hydrogen-bond donors (Lipinski definition) is 2. The summed E-state index contributed by atoms with van der Waals surface area (Å²) < 4.78 is 42.8. The molecule has 1 rings (SSSR count). The van der Waals surface area contributed by atoms with E-state index in [1.165, 1.54) is 33.5 Å². The highest BCUT2D eigenvalue weighted by atomic mass is 35.5. The number of rotatable bonds is 7. The van der Waals surface area contributed by atoms with Crippen molar-refractivity contribution in [3.63, 3.8) is 0 Å².